The molecule has 7 nitrogen and oxygen atoms in total. The highest BCUT2D eigenvalue weighted by Gasteiger charge is 2.40. The van der Waals surface area contributed by atoms with Crippen molar-refractivity contribution in [3.05, 3.63) is 52.0 Å². The van der Waals surface area contributed by atoms with Gasteiger partial charge in [-0.15, -0.1) is 0 Å². The number of carbonyl (C=O) groups is 1. The quantitative estimate of drug-likeness (QED) is 0.639. The summed E-state index contributed by atoms with van der Waals surface area (Å²) < 4.78 is 38.8. The maximum absolute atomic E-state index is 12.6. The smallest absolute Gasteiger partial charge is 0.361 e. The molecule has 1 fully saturated rings. The van der Waals surface area contributed by atoms with Crippen molar-refractivity contribution < 1.29 is 27.8 Å². The van der Waals surface area contributed by atoms with E-state index in [1.165, 1.54) is 18.2 Å². The van der Waals surface area contributed by atoms with Crippen molar-refractivity contribution in [2.45, 2.75) is 42.4 Å². The van der Waals surface area contributed by atoms with Crippen LogP contribution >= 0.6 is 23.2 Å². The first-order chi connectivity index (χ1) is 13.7. The third kappa shape index (κ3) is 4.02. The molecule has 0 spiro atoms. The number of carboxylic acid groups (broad SMARTS) is 1. The number of halogens is 2. The summed E-state index contributed by atoms with van der Waals surface area (Å²) in [6, 6.07) is 8.92. The number of para-hydroxylation sites is 1. The zero-order valence-corrected chi connectivity index (χ0v) is 17.3. The van der Waals surface area contributed by atoms with E-state index in [-0.39, 0.29) is 32.7 Å². The van der Waals surface area contributed by atoms with Crippen LogP contribution in [0, 0.1) is 0 Å². The molecule has 154 valence electrons. The lowest BCUT2D eigenvalue weighted by molar-refractivity contribution is -0.145. The van der Waals surface area contributed by atoms with Crippen LogP contribution in [-0.2, 0) is 14.8 Å². The molecule has 1 aliphatic carbocycles. The molecule has 4 rings (SSSR count). The third-order valence-corrected chi connectivity index (χ3v) is 6.83. The van der Waals surface area contributed by atoms with Crippen molar-refractivity contribution >= 4 is 39.2 Å². The van der Waals surface area contributed by atoms with Crippen LogP contribution in [0.15, 0.2) is 41.3 Å². The molecular weight excluding hydrogens is 441 g/mol. The number of sulfonamides is 1. The number of nitrogens with one attached hydrogen (secondary N) is 1. The second kappa shape index (κ2) is 7.68. The van der Waals surface area contributed by atoms with Crippen LogP contribution in [0.2, 0.25) is 10.0 Å². The molecule has 2 aromatic rings. The highest BCUT2D eigenvalue weighted by molar-refractivity contribution is 7.89. The Hall–Kier alpha value is -2.00. The van der Waals surface area contributed by atoms with Crippen LogP contribution in [0.3, 0.4) is 0 Å². The molecule has 0 amide bonds. The Balaban J connectivity index is 1.60. The van der Waals surface area contributed by atoms with Crippen LogP contribution in [0.1, 0.15) is 30.7 Å². The Morgan fingerprint density at radius 3 is 2.62 bits per heavy atom. The van der Waals surface area contributed by atoms with Gasteiger partial charge in [-0.2, -0.15) is 4.72 Å². The zero-order chi connectivity index (χ0) is 20.8. The van der Waals surface area contributed by atoms with Gasteiger partial charge >= 0.3 is 5.97 Å². The van der Waals surface area contributed by atoms with Crippen LogP contribution in [0.5, 0.6) is 11.5 Å². The number of ether oxygens (including phenoxy) is 2. The average molecular weight is 458 g/mol. The lowest BCUT2D eigenvalue weighted by atomic mass is 9.97. The molecule has 0 bridgehead atoms. The van der Waals surface area contributed by atoms with Crippen molar-refractivity contribution in [3.8, 4) is 11.5 Å². The number of aliphatic carboxylic acids is 1. The van der Waals surface area contributed by atoms with Gasteiger partial charge in [0.1, 0.15) is 6.10 Å². The lowest BCUT2D eigenvalue weighted by Gasteiger charge is -2.19. The van der Waals surface area contributed by atoms with Gasteiger partial charge in [-0.1, -0.05) is 35.3 Å². The highest BCUT2D eigenvalue weighted by Crippen LogP contribution is 2.50. The maximum Gasteiger partial charge on any atom is 0.361 e. The molecule has 2 aliphatic rings. The number of carboxylic acids is 1. The Morgan fingerprint density at radius 2 is 1.93 bits per heavy atom. The monoisotopic (exact) mass is 457 g/mol. The first-order valence-electron chi connectivity index (χ1n) is 8.92. The van der Waals surface area contributed by atoms with Gasteiger partial charge in [0.05, 0.1) is 4.90 Å². The topological polar surface area (TPSA) is 102 Å². The maximum atomic E-state index is 12.6. The van der Waals surface area contributed by atoms with Crippen molar-refractivity contribution in [3.63, 3.8) is 0 Å². The minimum atomic E-state index is -4.26. The van der Waals surface area contributed by atoms with E-state index in [2.05, 4.69) is 0 Å². The van der Waals surface area contributed by atoms with E-state index >= 15 is 0 Å². The normalized spacial score (nSPS) is 21.2. The first kappa shape index (κ1) is 20.3. The van der Waals surface area contributed by atoms with Gasteiger partial charge in [0.25, 0.3) is 6.23 Å². The summed E-state index contributed by atoms with van der Waals surface area (Å²) in [6.07, 6.45) is 1.16. The molecule has 0 aromatic heterocycles. The minimum absolute atomic E-state index is 0.0447. The van der Waals surface area contributed by atoms with Gasteiger partial charge in [0, 0.05) is 21.5 Å². The molecule has 0 radical (unpaired) electrons. The Morgan fingerprint density at radius 1 is 1.21 bits per heavy atom. The van der Waals surface area contributed by atoms with Crippen LogP contribution < -0.4 is 14.2 Å². The Bertz CT molecular complexity index is 1050. The van der Waals surface area contributed by atoms with Crippen molar-refractivity contribution in [2.24, 2.45) is 0 Å². The molecule has 0 saturated heterocycles. The van der Waals surface area contributed by atoms with E-state index in [0.717, 1.165) is 24.8 Å². The van der Waals surface area contributed by atoms with Crippen molar-refractivity contribution in [2.75, 3.05) is 0 Å². The number of benzene rings is 2. The van der Waals surface area contributed by atoms with Crippen LogP contribution in [0.4, 0.5) is 0 Å². The summed E-state index contributed by atoms with van der Waals surface area (Å²) in [5, 5.41) is 9.73. The van der Waals surface area contributed by atoms with Crippen LogP contribution in [-0.4, -0.2) is 31.8 Å². The summed E-state index contributed by atoms with van der Waals surface area (Å²) in [5.74, 6) is -0.603. The fraction of sp³-hybridized carbons (Fsp3) is 0.316. The van der Waals surface area contributed by atoms with E-state index in [9.17, 15) is 18.3 Å². The fourth-order valence-corrected chi connectivity index (χ4v) is 5.55. The molecule has 29 heavy (non-hydrogen) atoms. The van der Waals surface area contributed by atoms with E-state index in [1.54, 1.807) is 12.1 Å². The Labute approximate surface area is 177 Å². The van der Waals surface area contributed by atoms with E-state index in [4.69, 9.17) is 32.7 Å². The molecule has 10 heteroatoms. The van der Waals surface area contributed by atoms with Gasteiger partial charge in [-0.25, -0.2) is 13.2 Å². The molecular formula is C19H17Cl2NO6S. The number of fused-ring (bicyclic) bond motifs is 3. The fourth-order valence-electron chi connectivity index (χ4n) is 3.76. The SMILES string of the molecule is O=C(O)C(NS(=O)(=O)c1cc(Cl)cc(Cl)c1)Oc1cccc2c1OC1CCCC21. The standard InChI is InChI=1S/C19H17Cl2NO6S/c20-10-7-11(21)9-12(8-10)29(25,26)22-18(19(23)24)28-16-6-2-4-14-13-3-1-5-15(13)27-17(14)16/h2,4,6-9,13,15,18,22H,1,3,5H2,(H,23,24). The predicted octanol–water partition coefficient (Wildman–Crippen LogP) is 3.79. The molecule has 1 aliphatic heterocycles. The average Bonchev–Trinajstić information content (AvgIpc) is 3.22. The number of rotatable bonds is 6. The second-order valence-corrected chi connectivity index (χ2v) is 9.52. The predicted molar refractivity (Wildman–Crippen MR) is 106 cm³/mol. The summed E-state index contributed by atoms with van der Waals surface area (Å²) in [5.41, 5.74) is 0.957. The van der Waals surface area contributed by atoms with Gasteiger partial charge in [-0.3, -0.25) is 0 Å². The molecule has 2 N–H and O–H groups in total. The van der Waals surface area contributed by atoms with Gasteiger partial charge in [-0.05, 0) is 43.5 Å². The number of hydrogen-bond donors (Lipinski definition) is 2. The second-order valence-electron chi connectivity index (χ2n) is 6.93. The molecule has 3 atom stereocenters. The van der Waals surface area contributed by atoms with Crippen molar-refractivity contribution in [1.29, 1.82) is 0 Å². The van der Waals surface area contributed by atoms with E-state index < -0.39 is 22.2 Å². The lowest BCUT2D eigenvalue weighted by Crippen LogP contribution is -2.44. The molecule has 1 heterocycles. The van der Waals surface area contributed by atoms with Gasteiger partial charge in [0.2, 0.25) is 10.0 Å². The highest BCUT2D eigenvalue weighted by atomic mass is 35.5. The largest absolute Gasteiger partial charge is 0.486 e. The third-order valence-electron chi connectivity index (χ3n) is 5.01. The summed E-state index contributed by atoms with van der Waals surface area (Å²) in [4.78, 5) is 11.4. The van der Waals surface area contributed by atoms with Gasteiger partial charge < -0.3 is 14.6 Å². The van der Waals surface area contributed by atoms with Crippen molar-refractivity contribution in [1.82, 2.24) is 4.72 Å². The summed E-state index contributed by atoms with van der Waals surface area (Å²) in [7, 11) is -4.26. The van der Waals surface area contributed by atoms with Gasteiger partial charge in [0.15, 0.2) is 11.5 Å². The molecule has 2 aromatic carbocycles. The van der Waals surface area contributed by atoms with E-state index in [0.29, 0.717) is 5.75 Å². The summed E-state index contributed by atoms with van der Waals surface area (Å²) in [6.45, 7) is 0. The Kier molecular flexibility index (Phi) is 5.37. The van der Waals surface area contributed by atoms with Crippen LogP contribution in [0.25, 0.3) is 0 Å². The molecule has 1 saturated carbocycles. The minimum Gasteiger partial charge on any atom is -0.486 e. The molecule has 3 unspecified atom stereocenters. The summed E-state index contributed by atoms with van der Waals surface area (Å²) >= 11 is 11.7. The number of hydrogen-bond acceptors (Lipinski definition) is 5. The van der Waals surface area contributed by atoms with E-state index in [1.807, 2.05) is 10.8 Å². The zero-order valence-electron chi connectivity index (χ0n) is 15.0. The first-order valence-corrected chi connectivity index (χ1v) is 11.2.